The van der Waals surface area contributed by atoms with Crippen LogP contribution < -0.4 is 5.73 Å². The van der Waals surface area contributed by atoms with Crippen LogP contribution in [0.4, 0.5) is 14.6 Å². The lowest BCUT2D eigenvalue weighted by molar-refractivity contribution is 0.0697. The largest absolute Gasteiger partial charge is 0.478 e. The number of pyridine rings is 1. The van der Waals surface area contributed by atoms with Gasteiger partial charge in [-0.1, -0.05) is 0 Å². The third kappa shape index (κ3) is 1.98. The van der Waals surface area contributed by atoms with E-state index in [1.165, 1.54) is 0 Å². The zero-order chi connectivity index (χ0) is 10.9. The first-order chi connectivity index (χ1) is 6.43. The molecular formula is C7H5BrF2N2O2. The number of nitrogens with two attached hydrogens (primary N) is 1. The van der Waals surface area contributed by atoms with Crippen LogP contribution in [-0.2, 0) is 0 Å². The molecule has 1 heterocycles. The summed E-state index contributed by atoms with van der Waals surface area (Å²) in [6, 6.07) is 0.805. The minimum Gasteiger partial charge on any atom is -0.478 e. The van der Waals surface area contributed by atoms with Gasteiger partial charge in [0.1, 0.15) is 16.0 Å². The number of nitrogen functional groups attached to an aromatic ring is 1. The molecule has 0 aliphatic carbocycles. The van der Waals surface area contributed by atoms with Gasteiger partial charge in [-0.05, 0) is 22.0 Å². The Hall–Kier alpha value is -1.24. The summed E-state index contributed by atoms with van der Waals surface area (Å²) in [4.78, 5) is 14.0. The van der Waals surface area contributed by atoms with Crippen LogP contribution in [0.25, 0.3) is 0 Å². The number of halogens is 3. The summed E-state index contributed by atoms with van der Waals surface area (Å²) >= 11 is 2.77. The van der Waals surface area contributed by atoms with Gasteiger partial charge in [-0.25, -0.2) is 18.6 Å². The number of hydrogen-bond donors (Lipinski definition) is 2. The highest BCUT2D eigenvalue weighted by Crippen LogP contribution is 2.28. The van der Waals surface area contributed by atoms with E-state index in [1.807, 2.05) is 0 Å². The van der Waals surface area contributed by atoms with Crippen molar-refractivity contribution in [3.05, 3.63) is 21.8 Å². The second-order valence-corrected chi connectivity index (χ2v) is 3.16. The topological polar surface area (TPSA) is 76.2 Å². The van der Waals surface area contributed by atoms with Crippen molar-refractivity contribution in [2.45, 2.75) is 6.43 Å². The van der Waals surface area contributed by atoms with E-state index in [4.69, 9.17) is 10.8 Å². The molecule has 0 saturated carbocycles. The summed E-state index contributed by atoms with van der Waals surface area (Å²) in [5.41, 5.74) is 4.31. The normalized spacial score (nSPS) is 10.6. The van der Waals surface area contributed by atoms with E-state index in [0.717, 1.165) is 6.07 Å². The average molecular weight is 267 g/mol. The first-order valence-electron chi connectivity index (χ1n) is 3.41. The summed E-state index contributed by atoms with van der Waals surface area (Å²) in [7, 11) is 0. The standard InChI is InChI=1S/C7H5BrF2N2O2/c8-4-2(5(9)10)1-3(7(13)14)6(11)12-4/h1,5H,(H2,11,12)(H,13,14). The fourth-order valence-corrected chi connectivity index (χ4v) is 1.32. The van der Waals surface area contributed by atoms with Crippen molar-refractivity contribution in [1.82, 2.24) is 4.98 Å². The van der Waals surface area contributed by atoms with Crippen molar-refractivity contribution in [3.8, 4) is 0 Å². The molecule has 1 rings (SSSR count). The number of carbonyl (C=O) groups is 1. The Kier molecular flexibility index (Phi) is 3.00. The Morgan fingerprint density at radius 3 is 2.64 bits per heavy atom. The molecule has 0 bridgehead atoms. The van der Waals surface area contributed by atoms with E-state index in [-0.39, 0.29) is 10.4 Å². The number of alkyl halides is 2. The quantitative estimate of drug-likeness (QED) is 0.804. The van der Waals surface area contributed by atoms with Crippen molar-refractivity contribution < 1.29 is 18.7 Å². The fraction of sp³-hybridized carbons (Fsp3) is 0.143. The van der Waals surface area contributed by atoms with Gasteiger partial charge >= 0.3 is 5.97 Å². The summed E-state index contributed by atoms with van der Waals surface area (Å²) in [6.07, 6.45) is -2.80. The van der Waals surface area contributed by atoms with Gasteiger partial charge in [0.25, 0.3) is 6.43 Å². The fourth-order valence-electron chi connectivity index (χ4n) is 0.844. The molecule has 76 valence electrons. The summed E-state index contributed by atoms with van der Waals surface area (Å²) in [6.45, 7) is 0. The number of nitrogens with zero attached hydrogens (tertiary/aromatic N) is 1. The molecule has 0 amide bonds. The highest BCUT2D eigenvalue weighted by Gasteiger charge is 2.18. The predicted molar refractivity (Wildman–Crippen MR) is 48.3 cm³/mol. The number of hydrogen-bond acceptors (Lipinski definition) is 3. The minimum atomic E-state index is -2.80. The Morgan fingerprint density at radius 1 is 1.64 bits per heavy atom. The second kappa shape index (κ2) is 3.87. The van der Waals surface area contributed by atoms with E-state index in [2.05, 4.69) is 20.9 Å². The zero-order valence-electron chi connectivity index (χ0n) is 6.67. The van der Waals surface area contributed by atoms with Crippen LogP contribution in [0.3, 0.4) is 0 Å². The highest BCUT2D eigenvalue weighted by molar-refractivity contribution is 9.10. The number of carboxylic acids is 1. The van der Waals surface area contributed by atoms with Crippen LogP contribution in [-0.4, -0.2) is 16.1 Å². The molecule has 0 aromatic carbocycles. The molecule has 3 N–H and O–H groups in total. The molecule has 0 aliphatic heterocycles. The van der Waals surface area contributed by atoms with Gasteiger partial charge in [-0.2, -0.15) is 0 Å². The Labute approximate surface area is 85.9 Å². The van der Waals surface area contributed by atoms with Crippen molar-refractivity contribution in [3.63, 3.8) is 0 Å². The molecule has 0 fully saturated rings. The molecule has 0 aliphatic rings. The van der Waals surface area contributed by atoms with Crippen LogP contribution >= 0.6 is 15.9 Å². The molecule has 0 saturated heterocycles. The van der Waals surface area contributed by atoms with Gasteiger partial charge in [-0.15, -0.1) is 0 Å². The van der Waals surface area contributed by atoms with Gasteiger partial charge in [-0.3, -0.25) is 0 Å². The lowest BCUT2D eigenvalue weighted by Crippen LogP contribution is -2.07. The van der Waals surface area contributed by atoms with Crippen molar-refractivity contribution >= 4 is 27.7 Å². The summed E-state index contributed by atoms with van der Waals surface area (Å²) in [5, 5.41) is 8.58. The first kappa shape index (κ1) is 10.8. The van der Waals surface area contributed by atoms with Gasteiger partial charge in [0.15, 0.2) is 0 Å². The van der Waals surface area contributed by atoms with Crippen LogP contribution in [0.5, 0.6) is 0 Å². The molecule has 0 unspecified atom stereocenters. The number of aromatic nitrogens is 1. The third-order valence-electron chi connectivity index (χ3n) is 1.50. The smallest absolute Gasteiger partial charge is 0.339 e. The summed E-state index contributed by atoms with van der Waals surface area (Å²) < 4.78 is 24.5. The molecule has 1 aromatic heterocycles. The number of anilines is 1. The lowest BCUT2D eigenvalue weighted by atomic mass is 10.2. The Bertz CT molecular complexity index is 384. The molecule has 7 heteroatoms. The molecule has 0 spiro atoms. The molecule has 0 atom stereocenters. The zero-order valence-corrected chi connectivity index (χ0v) is 8.25. The highest BCUT2D eigenvalue weighted by atomic mass is 79.9. The van der Waals surface area contributed by atoms with Crippen molar-refractivity contribution in [1.29, 1.82) is 0 Å². The molecule has 1 aromatic rings. The molecule has 0 radical (unpaired) electrons. The maximum atomic E-state index is 12.3. The first-order valence-corrected chi connectivity index (χ1v) is 4.20. The Morgan fingerprint density at radius 2 is 2.21 bits per heavy atom. The molecule has 4 nitrogen and oxygen atoms in total. The van der Waals surface area contributed by atoms with E-state index in [1.54, 1.807) is 0 Å². The van der Waals surface area contributed by atoms with E-state index in [9.17, 15) is 13.6 Å². The monoisotopic (exact) mass is 266 g/mol. The SMILES string of the molecule is Nc1nc(Br)c(C(F)F)cc1C(=O)O. The van der Waals surface area contributed by atoms with Crippen molar-refractivity contribution in [2.75, 3.05) is 5.73 Å². The second-order valence-electron chi connectivity index (χ2n) is 2.41. The van der Waals surface area contributed by atoms with Crippen LogP contribution in [0.2, 0.25) is 0 Å². The predicted octanol–water partition coefficient (Wildman–Crippen LogP) is 2.06. The van der Waals surface area contributed by atoms with Crippen molar-refractivity contribution in [2.24, 2.45) is 0 Å². The molecule has 14 heavy (non-hydrogen) atoms. The number of aromatic carboxylic acids is 1. The van der Waals surface area contributed by atoms with E-state index in [0.29, 0.717) is 0 Å². The molecular weight excluding hydrogens is 262 g/mol. The van der Waals surface area contributed by atoms with E-state index >= 15 is 0 Å². The number of rotatable bonds is 2. The van der Waals surface area contributed by atoms with Crippen LogP contribution in [0.15, 0.2) is 10.7 Å². The minimum absolute atomic E-state index is 0.144. The van der Waals surface area contributed by atoms with Gasteiger partial charge in [0.2, 0.25) is 0 Å². The van der Waals surface area contributed by atoms with E-state index < -0.39 is 23.5 Å². The average Bonchev–Trinajstić information content (AvgIpc) is 2.02. The van der Waals surface area contributed by atoms with Gasteiger partial charge < -0.3 is 10.8 Å². The van der Waals surface area contributed by atoms with Crippen LogP contribution in [0, 0.1) is 0 Å². The maximum Gasteiger partial charge on any atom is 0.339 e. The lowest BCUT2D eigenvalue weighted by Gasteiger charge is -2.06. The third-order valence-corrected chi connectivity index (χ3v) is 2.13. The Balaban J connectivity index is 3.34. The van der Waals surface area contributed by atoms with Gasteiger partial charge in [0, 0.05) is 0 Å². The maximum absolute atomic E-state index is 12.3. The summed E-state index contributed by atoms with van der Waals surface area (Å²) in [5.74, 6) is -1.68. The van der Waals surface area contributed by atoms with Crippen LogP contribution in [0.1, 0.15) is 22.3 Å². The number of carboxylic acid groups (broad SMARTS) is 1. The van der Waals surface area contributed by atoms with Gasteiger partial charge in [0.05, 0.1) is 5.56 Å².